The van der Waals surface area contributed by atoms with E-state index in [1.54, 1.807) is 18.2 Å². The molecule has 8 heteroatoms. The van der Waals surface area contributed by atoms with Crippen LogP contribution in [0.1, 0.15) is 15.9 Å². The lowest BCUT2D eigenvalue weighted by molar-refractivity contribution is 0.102. The van der Waals surface area contributed by atoms with Gasteiger partial charge in [0.1, 0.15) is 5.03 Å². The molecule has 1 heterocycles. The molecule has 32 heavy (non-hydrogen) atoms. The number of hydrogen-bond donors (Lipinski definition) is 1. The Morgan fingerprint density at radius 2 is 1.62 bits per heavy atom. The first-order valence-corrected chi connectivity index (χ1v) is 10.4. The molecule has 0 atom stereocenters. The molecule has 3 aromatic carbocycles. The Morgan fingerprint density at radius 1 is 0.906 bits per heavy atom. The average molecular weight is 449 g/mol. The van der Waals surface area contributed by atoms with Crippen molar-refractivity contribution in [1.82, 2.24) is 9.78 Å². The largest absolute Gasteiger partial charge is 0.322 e. The molecule has 0 bridgehead atoms. The summed E-state index contributed by atoms with van der Waals surface area (Å²) in [6.07, 6.45) is 0. The monoisotopic (exact) mass is 449 g/mol. The van der Waals surface area contributed by atoms with Crippen molar-refractivity contribution in [1.29, 1.82) is 0 Å². The third kappa shape index (κ3) is 4.92. The lowest BCUT2D eigenvalue weighted by Crippen LogP contribution is -2.20. The fourth-order valence-corrected chi connectivity index (χ4v) is 3.66. The number of hydrogen-bond acceptors (Lipinski definition) is 4. The predicted molar refractivity (Wildman–Crippen MR) is 119 cm³/mol. The summed E-state index contributed by atoms with van der Waals surface area (Å²) in [5.41, 5.74) is 1.76. The molecule has 4 rings (SSSR count). The molecule has 0 unspecified atom stereocenters. The highest BCUT2D eigenvalue weighted by molar-refractivity contribution is 7.99. The van der Waals surface area contributed by atoms with Gasteiger partial charge in [-0.3, -0.25) is 9.59 Å². The summed E-state index contributed by atoms with van der Waals surface area (Å²) in [5, 5.41) is 7.56. The summed E-state index contributed by atoms with van der Waals surface area (Å²) in [6, 6.07) is 20.4. The molecule has 1 amide bonds. The Bertz CT molecular complexity index is 1340. The minimum atomic E-state index is -1.05. The van der Waals surface area contributed by atoms with Crippen LogP contribution in [0.4, 0.5) is 14.5 Å². The van der Waals surface area contributed by atoms with Crippen LogP contribution in [-0.2, 0) is 0 Å². The van der Waals surface area contributed by atoms with Crippen LogP contribution in [0, 0.1) is 18.6 Å². The van der Waals surface area contributed by atoms with Gasteiger partial charge in [-0.1, -0.05) is 29.5 Å². The van der Waals surface area contributed by atoms with E-state index in [-0.39, 0.29) is 16.8 Å². The van der Waals surface area contributed by atoms with E-state index in [1.165, 1.54) is 40.7 Å². The standard InChI is InChI=1S/C24H17F2N3O2S/c1-15-2-9-19(10-3-15)32-22-12-13-23(30)29(28-22)18-7-4-16(5-8-18)24(31)27-17-6-11-20(25)21(26)14-17/h2-14H,1H3,(H,27,31). The van der Waals surface area contributed by atoms with Gasteiger partial charge < -0.3 is 5.32 Å². The van der Waals surface area contributed by atoms with Crippen LogP contribution in [0.25, 0.3) is 5.69 Å². The number of amides is 1. The molecule has 0 radical (unpaired) electrons. The number of carbonyl (C=O) groups excluding carboxylic acids is 1. The van der Waals surface area contributed by atoms with Crippen LogP contribution in [0.5, 0.6) is 0 Å². The fraction of sp³-hybridized carbons (Fsp3) is 0.0417. The van der Waals surface area contributed by atoms with Gasteiger partial charge in [-0.2, -0.15) is 9.78 Å². The van der Waals surface area contributed by atoms with Gasteiger partial charge in [-0.25, -0.2) is 8.78 Å². The molecule has 0 aliphatic rings. The Kier molecular flexibility index (Phi) is 6.13. The Hall–Kier alpha value is -3.78. The van der Waals surface area contributed by atoms with E-state index in [0.717, 1.165) is 22.6 Å². The minimum Gasteiger partial charge on any atom is -0.322 e. The summed E-state index contributed by atoms with van der Waals surface area (Å²) < 4.78 is 27.6. The van der Waals surface area contributed by atoms with E-state index < -0.39 is 17.5 Å². The molecule has 0 fully saturated rings. The van der Waals surface area contributed by atoms with Gasteiger partial charge in [0, 0.05) is 28.3 Å². The Morgan fingerprint density at radius 3 is 2.31 bits per heavy atom. The van der Waals surface area contributed by atoms with Crippen molar-refractivity contribution in [2.45, 2.75) is 16.8 Å². The molecule has 0 aliphatic heterocycles. The van der Waals surface area contributed by atoms with Gasteiger partial charge >= 0.3 is 0 Å². The first-order chi connectivity index (χ1) is 15.4. The van der Waals surface area contributed by atoms with E-state index in [9.17, 15) is 18.4 Å². The summed E-state index contributed by atoms with van der Waals surface area (Å²) in [6.45, 7) is 2.01. The fourth-order valence-electron chi connectivity index (χ4n) is 2.89. The van der Waals surface area contributed by atoms with E-state index in [2.05, 4.69) is 10.4 Å². The molecule has 160 valence electrons. The number of nitrogens with zero attached hydrogens (tertiary/aromatic N) is 2. The molecule has 1 N–H and O–H groups in total. The number of carbonyl (C=O) groups is 1. The molecule has 0 aliphatic carbocycles. The lowest BCUT2D eigenvalue weighted by atomic mass is 10.2. The third-order valence-electron chi connectivity index (χ3n) is 4.57. The minimum absolute atomic E-state index is 0.136. The van der Waals surface area contributed by atoms with Crippen molar-refractivity contribution < 1.29 is 13.6 Å². The Labute approximate surface area is 186 Å². The van der Waals surface area contributed by atoms with E-state index in [4.69, 9.17) is 0 Å². The van der Waals surface area contributed by atoms with Gasteiger partial charge in [0.15, 0.2) is 11.6 Å². The van der Waals surface area contributed by atoms with Gasteiger partial charge in [0.2, 0.25) is 0 Å². The maximum atomic E-state index is 13.3. The average Bonchev–Trinajstić information content (AvgIpc) is 2.79. The summed E-state index contributed by atoms with van der Waals surface area (Å²) >= 11 is 1.43. The van der Waals surface area contributed by atoms with Crippen LogP contribution >= 0.6 is 11.8 Å². The lowest BCUT2D eigenvalue weighted by Gasteiger charge is -2.09. The predicted octanol–water partition coefficient (Wildman–Crippen LogP) is 5.22. The second kappa shape index (κ2) is 9.15. The number of benzene rings is 3. The maximum Gasteiger partial charge on any atom is 0.271 e. The van der Waals surface area contributed by atoms with E-state index in [0.29, 0.717) is 10.7 Å². The van der Waals surface area contributed by atoms with Crippen LogP contribution in [0.15, 0.2) is 93.6 Å². The van der Waals surface area contributed by atoms with Crippen molar-refractivity contribution in [3.63, 3.8) is 0 Å². The molecular weight excluding hydrogens is 432 g/mol. The highest BCUT2D eigenvalue weighted by Gasteiger charge is 2.10. The molecule has 4 aromatic rings. The SMILES string of the molecule is Cc1ccc(Sc2ccc(=O)n(-c3ccc(C(=O)Nc4ccc(F)c(F)c4)cc3)n2)cc1. The number of halogens is 2. The first kappa shape index (κ1) is 21.5. The normalized spacial score (nSPS) is 10.7. The molecule has 0 saturated carbocycles. The van der Waals surface area contributed by atoms with Crippen LogP contribution in [0.3, 0.4) is 0 Å². The van der Waals surface area contributed by atoms with Crippen LogP contribution < -0.4 is 10.9 Å². The second-order valence-electron chi connectivity index (χ2n) is 6.97. The van der Waals surface area contributed by atoms with Crippen molar-refractivity contribution in [2.75, 3.05) is 5.32 Å². The molecular formula is C24H17F2N3O2S. The maximum absolute atomic E-state index is 13.3. The number of aromatic nitrogens is 2. The van der Waals surface area contributed by atoms with Gasteiger partial charge in [-0.15, -0.1) is 0 Å². The number of aryl methyl sites for hydroxylation is 1. The zero-order valence-electron chi connectivity index (χ0n) is 16.9. The topological polar surface area (TPSA) is 64.0 Å². The zero-order valence-corrected chi connectivity index (χ0v) is 17.7. The summed E-state index contributed by atoms with van der Waals surface area (Å²) in [5.74, 6) is -2.54. The van der Waals surface area contributed by atoms with Crippen LogP contribution in [0.2, 0.25) is 0 Å². The number of anilines is 1. The molecule has 1 aromatic heterocycles. The smallest absolute Gasteiger partial charge is 0.271 e. The Balaban J connectivity index is 1.53. The summed E-state index contributed by atoms with van der Waals surface area (Å²) in [4.78, 5) is 25.7. The molecule has 5 nitrogen and oxygen atoms in total. The van der Waals surface area contributed by atoms with Crippen molar-refractivity contribution in [2.24, 2.45) is 0 Å². The highest BCUT2D eigenvalue weighted by atomic mass is 32.2. The van der Waals surface area contributed by atoms with Gasteiger partial charge in [0.25, 0.3) is 11.5 Å². The number of rotatable bonds is 5. The summed E-state index contributed by atoms with van der Waals surface area (Å²) in [7, 11) is 0. The van der Waals surface area contributed by atoms with Gasteiger partial charge in [0.05, 0.1) is 5.69 Å². The van der Waals surface area contributed by atoms with E-state index >= 15 is 0 Å². The number of nitrogens with one attached hydrogen (secondary N) is 1. The molecule has 0 saturated heterocycles. The zero-order chi connectivity index (χ0) is 22.7. The molecule has 0 spiro atoms. The second-order valence-corrected chi connectivity index (χ2v) is 8.06. The quantitative estimate of drug-likeness (QED) is 0.454. The highest BCUT2D eigenvalue weighted by Crippen LogP contribution is 2.25. The first-order valence-electron chi connectivity index (χ1n) is 9.61. The van der Waals surface area contributed by atoms with Crippen molar-refractivity contribution in [3.8, 4) is 5.69 Å². The van der Waals surface area contributed by atoms with Gasteiger partial charge in [-0.05, 0) is 61.5 Å². The van der Waals surface area contributed by atoms with Crippen LogP contribution in [-0.4, -0.2) is 15.7 Å². The van der Waals surface area contributed by atoms with E-state index in [1.807, 2.05) is 31.2 Å². The van der Waals surface area contributed by atoms with Crippen molar-refractivity contribution in [3.05, 3.63) is 112 Å². The third-order valence-corrected chi connectivity index (χ3v) is 5.51. The van der Waals surface area contributed by atoms with Crippen molar-refractivity contribution >= 4 is 23.4 Å².